The first-order chi connectivity index (χ1) is 16.2. The highest BCUT2D eigenvalue weighted by Gasteiger charge is 2.17. The molecule has 0 bridgehead atoms. The van der Waals surface area contributed by atoms with Crippen LogP contribution in [0.1, 0.15) is 10.4 Å². The molecule has 0 unspecified atom stereocenters. The van der Waals surface area contributed by atoms with Gasteiger partial charge in [-0.05, 0) is 42.5 Å². The van der Waals surface area contributed by atoms with Gasteiger partial charge >= 0.3 is 0 Å². The van der Waals surface area contributed by atoms with Crippen molar-refractivity contribution in [1.82, 2.24) is 24.5 Å². The van der Waals surface area contributed by atoms with Gasteiger partial charge in [0.25, 0.3) is 0 Å². The van der Waals surface area contributed by atoms with E-state index < -0.39 is 0 Å². The molecule has 0 amide bonds. The number of fused-ring (bicyclic) bond motifs is 4. The van der Waals surface area contributed by atoms with Gasteiger partial charge in [0.05, 0.1) is 40.6 Å². The van der Waals surface area contributed by atoms with Gasteiger partial charge in [0.15, 0.2) is 5.78 Å². The number of benzene rings is 2. The highest BCUT2D eigenvalue weighted by atomic mass is 35.5. The minimum absolute atomic E-state index is 0.0412. The molecular weight excluding hydrogens is 438 g/mol. The van der Waals surface area contributed by atoms with E-state index in [2.05, 4.69) is 19.9 Å². The van der Waals surface area contributed by atoms with Crippen LogP contribution in [0.15, 0.2) is 79.6 Å². The van der Waals surface area contributed by atoms with Crippen LogP contribution < -0.4 is 4.74 Å². The Hall–Kier alpha value is -4.23. The summed E-state index contributed by atoms with van der Waals surface area (Å²) < 4.78 is 7.66. The maximum absolute atomic E-state index is 13.3. The van der Waals surface area contributed by atoms with E-state index in [1.54, 1.807) is 37.2 Å². The van der Waals surface area contributed by atoms with Crippen molar-refractivity contribution < 1.29 is 9.53 Å². The van der Waals surface area contributed by atoms with E-state index in [0.717, 1.165) is 27.3 Å². The number of Topliss-reactive ketones (excluding diaryl/α,β-unsaturated/α-hetero) is 1. The Bertz CT molecular complexity index is 1660. The summed E-state index contributed by atoms with van der Waals surface area (Å²) in [6.07, 6.45) is 8.43. The molecule has 4 aromatic heterocycles. The van der Waals surface area contributed by atoms with E-state index in [-0.39, 0.29) is 12.3 Å². The second-order valence-corrected chi connectivity index (χ2v) is 8.03. The Balaban J connectivity index is 1.33. The van der Waals surface area contributed by atoms with Crippen LogP contribution in [0.2, 0.25) is 5.02 Å². The van der Waals surface area contributed by atoms with Crippen LogP contribution in [0.5, 0.6) is 11.5 Å². The van der Waals surface area contributed by atoms with Crippen LogP contribution in [0, 0.1) is 0 Å². The van der Waals surface area contributed by atoms with Crippen molar-refractivity contribution in [3.8, 4) is 11.5 Å². The summed E-state index contributed by atoms with van der Waals surface area (Å²) in [5.41, 5.74) is 3.63. The van der Waals surface area contributed by atoms with Crippen LogP contribution in [-0.2, 0) is 6.54 Å². The molecule has 160 valence electrons. The molecule has 0 atom stereocenters. The van der Waals surface area contributed by atoms with E-state index in [0.29, 0.717) is 27.6 Å². The summed E-state index contributed by atoms with van der Waals surface area (Å²) in [6.45, 7) is 0.130. The average Bonchev–Trinajstić information content (AvgIpc) is 3.44. The first kappa shape index (κ1) is 19.5. The Morgan fingerprint density at radius 1 is 1.03 bits per heavy atom. The largest absolute Gasteiger partial charge is 0.456 e. The molecule has 0 saturated heterocycles. The molecule has 0 spiro atoms. The Labute approximate surface area is 192 Å². The van der Waals surface area contributed by atoms with Gasteiger partial charge in [0.2, 0.25) is 0 Å². The van der Waals surface area contributed by atoms with E-state index in [1.165, 1.54) is 0 Å². The van der Waals surface area contributed by atoms with Crippen molar-refractivity contribution in [2.75, 3.05) is 0 Å². The van der Waals surface area contributed by atoms with E-state index in [1.807, 2.05) is 47.0 Å². The maximum Gasteiger partial charge on any atom is 0.184 e. The fraction of sp³-hybridized carbons (Fsp3) is 0.0400. The van der Waals surface area contributed by atoms with E-state index in [9.17, 15) is 4.79 Å². The van der Waals surface area contributed by atoms with Gasteiger partial charge in [-0.2, -0.15) is 0 Å². The van der Waals surface area contributed by atoms with Crippen molar-refractivity contribution in [3.63, 3.8) is 0 Å². The van der Waals surface area contributed by atoms with Gasteiger partial charge in [0.1, 0.15) is 11.5 Å². The Kier molecular flexibility index (Phi) is 4.55. The molecule has 0 fully saturated rings. The highest BCUT2D eigenvalue weighted by Crippen LogP contribution is 2.31. The van der Waals surface area contributed by atoms with Gasteiger partial charge in [-0.15, -0.1) is 0 Å². The standard InChI is InChI=1S/C25H16ClN5O2/c26-20-10-22-25(24-18(20)4-2-8-28-24)31(14-30-22)13-23(32)19-12-29-21-9-15(5-6-17(19)21)33-16-3-1-7-27-11-16/h1-12,14,29H,13H2. The number of nitrogens with one attached hydrogen (secondary N) is 1. The van der Waals surface area contributed by atoms with Gasteiger partial charge in [-0.25, -0.2) is 4.98 Å². The number of nitrogens with zero attached hydrogens (tertiary/aromatic N) is 4. The summed E-state index contributed by atoms with van der Waals surface area (Å²) in [5.74, 6) is 1.26. The van der Waals surface area contributed by atoms with Gasteiger partial charge in [-0.3, -0.25) is 14.8 Å². The van der Waals surface area contributed by atoms with Crippen molar-refractivity contribution in [2.45, 2.75) is 6.54 Å². The monoisotopic (exact) mass is 453 g/mol. The topological polar surface area (TPSA) is 85.7 Å². The lowest BCUT2D eigenvalue weighted by Gasteiger charge is -2.07. The third-order valence-electron chi connectivity index (χ3n) is 5.56. The second-order valence-electron chi connectivity index (χ2n) is 7.62. The van der Waals surface area contributed by atoms with Crippen LogP contribution >= 0.6 is 11.6 Å². The molecule has 6 rings (SSSR count). The number of H-pyrrole nitrogens is 1. The number of ketones is 1. The molecule has 6 aromatic rings. The SMILES string of the molecule is O=C(Cn1cnc2cc(Cl)c3cccnc3c21)c1c[nH]c2cc(Oc3cccnc3)ccc12. The number of carbonyl (C=O) groups excluding carboxylic acids is 1. The summed E-state index contributed by atoms with van der Waals surface area (Å²) in [5, 5.41) is 2.24. The molecule has 7 nitrogen and oxygen atoms in total. The maximum atomic E-state index is 13.3. The summed E-state index contributed by atoms with van der Waals surface area (Å²) in [4.78, 5) is 29.4. The number of hydrogen-bond donors (Lipinski definition) is 1. The van der Waals surface area contributed by atoms with Gasteiger partial charge in [-0.1, -0.05) is 11.6 Å². The zero-order valence-electron chi connectivity index (χ0n) is 17.2. The molecular formula is C25H16ClN5O2. The number of imidazole rings is 1. The number of pyridine rings is 2. The van der Waals surface area contributed by atoms with Crippen LogP contribution in [0.25, 0.3) is 32.8 Å². The van der Waals surface area contributed by atoms with Crippen LogP contribution in [0.4, 0.5) is 0 Å². The van der Waals surface area contributed by atoms with Crippen molar-refractivity contribution in [1.29, 1.82) is 0 Å². The second kappa shape index (κ2) is 7.72. The fourth-order valence-corrected chi connectivity index (χ4v) is 4.30. The molecule has 0 aliphatic rings. The molecule has 33 heavy (non-hydrogen) atoms. The summed E-state index contributed by atoms with van der Waals surface area (Å²) >= 11 is 6.39. The molecule has 0 aliphatic heterocycles. The number of halogens is 1. The number of ether oxygens (including phenoxy) is 1. The predicted molar refractivity (Wildman–Crippen MR) is 127 cm³/mol. The third-order valence-corrected chi connectivity index (χ3v) is 5.87. The average molecular weight is 454 g/mol. The quantitative estimate of drug-likeness (QED) is 0.334. The zero-order chi connectivity index (χ0) is 22.4. The number of aromatic nitrogens is 5. The molecule has 8 heteroatoms. The predicted octanol–water partition coefficient (Wildman–Crippen LogP) is 5.79. The lowest BCUT2D eigenvalue weighted by Crippen LogP contribution is -2.09. The number of rotatable bonds is 5. The van der Waals surface area contributed by atoms with E-state index in [4.69, 9.17) is 16.3 Å². The Morgan fingerprint density at radius 2 is 1.94 bits per heavy atom. The Morgan fingerprint density at radius 3 is 2.82 bits per heavy atom. The van der Waals surface area contributed by atoms with Gasteiger partial charge in [0, 0.05) is 46.5 Å². The number of carbonyl (C=O) groups is 1. The first-order valence-electron chi connectivity index (χ1n) is 10.3. The smallest absolute Gasteiger partial charge is 0.184 e. The molecule has 2 aromatic carbocycles. The molecule has 0 radical (unpaired) electrons. The number of aromatic amines is 1. The lowest BCUT2D eigenvalue weighted by atomic mass is 10.1. The first-order valence-corrected chi connectivity index (χ1v) is 10.7. The summed E-state index contributed by atoms with van der Waals surface area (Å²) in [6, 6.07) is 14.8. The van der Waals surface area contributed by atoms with E-state index >= 15 is 0 Å². The molecule has 0 saturated carbocycles. The van der Waals surface area contributed by atoms with Crippen molar-refractivity contribution in [2.24, 2.45) is 0 Å². The zero-order valence-corrected chi connectivity index (χ0v) is 18.0. The number of hydrogen-bond acceptors (Lipinski definition) is 5. The minimum Gasteiger partial charge on any atom is -0.456 e. The third kappa shape index (κ3) is 3.39. The summed E-state index contributed by atoms with van der Waals surface area (Å²) in [7, 11) is 0. The van der Waals surface area contributed by atoms with Crippen LogP contribution in [0.3, 0.4) is 0 Å². The normalized spacial score (nSPS) is 11.4. The molecule has 1 N–H and O–H groups in total. The van der Waals surface area contributed by atoms with Crippen LogP contribution in [-0.4, -0.2) is 30.3 Å². The van der Waals surface area contributed by atoms with Crippen molar-refractivity contribution in [3.05, 3.63) is 90.2 Å². The molecule has 0 aliphatic carbocycles. The minimum atomic E-state index is -0.0412. The fourth-order valence-electron chi connectivity index (χ4n) is 4.05. The lowest BCUT2D eigenvalue weighted by molar-refractivity contribution is 0.0975. The highest BCUT2D eigenvalue weighted by molar-refractivity contribution is 6.37. The van der Waals surface area contributed by atoms with Gasteiger partial charge < -0.3 is 14.3 Å². The molecule has 4 heterocycles. The van der Waals surface area contributed by atoms with Crippen molar-refractivity contribution >= 4 is 50.2 Å².